The lowest BCUT2D eigenvalue weighted by atomic mass is 10.0. The first-order chi connectivity index (χ1) is 9.97. The first-order valence-electron chi connectivity index (χ1n) is 6.37. The van der Waals surface area contributed by atoms with Crippen molar-refractivity contribution in [3.05, 3.63) is 45.9 Å². The number of thioether (sulfide) groups is 1. The summed E-state index contributed by atoms with van der Waals surface area (Å²) in [6, 6.07) is 4.48. The zero-order valence-electron chi connectivity index (χ0n) is 11.5. The third-order valence-corrected chi connectivity index (χ3v) is 4.90. The number of rotatable bonds is 1. The van der Waals surface area contributed by atoms with Crippen LogP contribution in [0.3, 0.4) is 0 Å². The highest BCUT2D eigenvalue weighted by Gasteiger charge is 2.31. The van der Waals surface area contributed by atoms with E-state index < -0.39 is 0 Å². The van der Waals surface area contributed by atoms with E-state index >= 15 is 0 Å². The number of benzene rings is 1. The van der Waals surface area contributed by atoms with Gasteiger partial charge in [-0.15, -0.1) is 11.8 Å². The first-order valence-corrected chi connectivity index (χ1v) is 7.80. The van der Waals surface area contributed by atoms with E-state index in [-0.39, 0.29) is 22.7 Å². The second-order valence-corrected chi connectivity index (χ2v) is 6.41. The van der Waals surface area contributed by atoms with Crippen molar-refractivity contribution in [2.45, 2.75) is 12.2 Å². The van der Waals surface area contributed by atoms with Gasteiger partial charge in [-0.05, 0) is 25.1 Å². The average Bonchev–Trinajstić information content (AvgIpc) is 2.61. The second-order valence-electron chi connectivity index (χ2n) is 4.88. The van der Waals surface area contributed by atoms with Gasteiger partial charge in [-0.3, -0.25) is 9.48 Å². The molecule has 1 atom stereocenters. The minimum absolute atomic E-state index is 0.116. The number of nitrogens with one attached hydrogen (secondary N) is 1. The van der Waals surface area contributed by atoms with E-state index in [4.69, 9.17) is 11.6 Å². The maximum Gasteiger partial charge on any atom is 0.235 e. The summed E-state index contributed by atoms with van der Waals surface area (Å²) < 4.78 is 15.8. The predicted molar refractivity (Wildman–Crippen MR) is 82.3 cm³/mol. The smallest absolute Gasteiger partial charge is 0.235 e. The average molecular weight is 326 g/mol. The molecule has 1 aliphatic heterocycles. The maximum absolute atomic E-state index is 14.2. The van der Waals surface area contributed by atoms with Crippen LogP contribution in [0.2, 0.25) is 5.02 Å². The van der Waals surface area contributed by atoms with Crippen LogP contribution >= 0.6 is 23.4 Å². The number of nitrogens with zero attached hydrogens (tertiary/aromatic N) is 2. The van der Waals surface area contributed by atoms with Crippen LogP contribution in [-0.4, -0.2) is 21.4 Å². The molecule has 0 aliphatic carbocycles. The number of carbonyl (C=O) groups excluding carboxylic acids is 1. The fraction of sp³-hybridized carbons (Fsp3) is 0.286. The number of amides is 1. The molecule has 1 aromatic heterocycles. The molecule has 0 spiro atoms. The molecule has 4 nitrogen and oxygen atoms in total. The first kappa shape index (κ1) is 14.4. The van der Waals surface area contributed by atoms with Crippen molar-refractivity contribution in [3.8, 4) is 0 Å². The molecule has 0 radical (unpaired) electrons. The monoisotopic (exact) mass is 325 g/mol. The van der Waals surface area contributed by atoms with Crippen molar-refractivity contribution >= 4 is 35.1 Å². The van der Waals surface area contributed by atoms with Gasteiger partial charge in [-0.2, -0.15) is 5.10 Å². The fourth-order valence-corrected chi connectivity index (χ4v) is 3.89. The highest BCUT2D eigenvalue weighted by Crippen LogP contribution is 2.44. The van der Waals surface area contributed by atoms with E-state index in [1.54, 1.807) is 17.8 Å². The SMILES string of the molecule is Cc1nn(C)c2c1C(c1cc(Cl)ccc1F)SCC(=O)N2. The zero-order chi connectivity index (χ0) is 15.1. The van der Waals surface area contributed by atoms with E-state index in [0.717, 1.165) is 11.3 Å². The third-order valence-electron chi connectivity index (χ3n) is 3.41. The van der Waals surface area contributed by atoms with Gasteiger partial charge >= 0.3 is 0 Å². The molecular formula is C14H13ClFN3OS. The van der Waals surface area contributed by atoms with Gasteiger partial charge in [0.25, 0.3) is 0 Å². The molecule has 0 saturated heterocycles. The molecule has 1 aromatic carbocycles. The van der Waals surface area contributed by atoms with Crippen LogP contribution < -0.4 is 5.32 Å². The van der Waals surface area contributed by atoms with Crippen LogP contribution in [0.5, 0.6) is 0 Å². The summed E-state index contributed by atoms with van der Waals surface area (Å²) in [4.78, 5) is 11.8. The van der Waals surface area contributed by atoms with Crippen LogP contribution in [-0.2, 0) is 11.8 Å². The van der Waals surface area contributed by atoms with Crippen molar-refractivity contribution in [1.82, 2.24) is 9.78 Å². The maximum atomic E-state index is 14.2. The Morgan fingerprint density at radius 1 is 1.52 bits per heavy atom. The molecule has 7 heteroatoms. The second kappa shape index (κ2) is 5.35. The Labute approximate surface area is 130 Å². The Balaban J connectivity index is 2.19. The molecule has 1 aliphatic rings. The van der Waals surface area contributed by atoms with E-state index in [0.29, 0.717) is 16.4 Å². The number of hydrogen-bond donors (Lipinski definition) is 1. The van der Waals surface area contributed by atoms with Crippen LogP contribution in [0, 0.1) is 12.7 Å². The molecule has 2 heterocycles. The minimum Gasteiger partial charge on any atom is -0.310 e. The number of hydrogen-bond acceptors (Lipinski definition) is 3. The summed E-state index contributed by atoms with van der Waals surface area (Å²) in [5.41, 5.74) is 2.07. The molecule has 110 valence electrons. The minimum atomic E-state index is -0.333. The van der Waals surface area contributed by atoms with Gasteiger partial charge in [-0.1, -0.05) is 11.6 Å². The number of fused-ring (bicyclic) bond motifs is 1. The summed E-state index contributed by atoms with van der Waals surface area (Å²) in [7, 11) is 1.76. The lowest BCUT2D eigenvalue weighted by Crippen LogP contribution is -2.15. The zero-order valence-corrected chi connectivity index (χ0v) is 13.1. The Kier molecular flexibility index (Phi) is 3.67. The number of halogens is 2. The summed E-state index contributed by atoms with van der Waals surface area (Å²) >= 11 is 7.37. The molecule has 21 heavy (non-hydrogen) atoms. The molecule has 3 rings (SSSR count). The number of aryl methyl sites for hydroxylation is 2. The van der Waals surface area contributed by atoms with Gasteiger partial charge in [-0.25, -0.2) is 4.39 Å². The molecule has 0 saturated carbocycles. The van der Waals surface area contributed by atoms with Gasteiger partial charge in [0, 0.05) is 23.2 Å². The van der Waals surface area contributed by atoms with Gasteiger partial charge in [0.2, 0.25) is 5.91 Å². The molecular weight excluding hydrogens is 313 g/mol. The van der Waals surface area contributed by atoms with Crippen LogP contribution in [0.4, 0.5) is 10.2 Å². The van der Waals surface area contributed by atoms with E-state index in [9.17, 15) is 9.18 Å². The molecule has 1 unspecified atom stereocenters. The van der Waals surface area contributed by atoms with Gasteiger partial charge in [0.05, 0.1) is 16.7 Å². The summed E-state index contributed by atoms with van der Waals surface area (Å²) in [6.45, 7) is 1.85. The highest BCUT2D eigenvalue weighted by molar-refractivity contribution is 8.00. The van der Waals surface area contributed by atoms with Gasteiger partial charge in [0.1, 0.15) is 11.6 Å². The van der Waals surface area contributed by atoms with Crippen LogP contribution in [0.25, 0.3) is 0 Å². The predicted octanol–water partition coefficient (Wildman–Crippen LogP) is 3.30. The summed E-state index contributed by atoms with van der Waals surface area (Å²) in [5.74, 6) is 0.423. The van der Waals surface area contributed by atoms with E-state index in [1.165, 1.54) is 23.9 Å². The Morgan fingerprint density at radius 3 is 3.05 bits per heavy atom. The normalized spacial score (nSPS) is 18.1. The van der Waals surface area contributed by atoms with Crippen molar-refractivity contribution in [2.75, 3.05) is 11.1 Å². The summed E-state index contributed by atoms with van der Waals surface area (Å²) in [5, 5.41) is 7.32. The van der Waals surface area contributed by atoms with Crippen LogP contribution in [0.15, 0.2) is 18.2 Å². The van der Waals surface area contributed by atoms with Crippen molar-refractivity contribution in [2.24, 2.45) is 7.05 Å². The van der Waals surface area contributed by atoms with Crippen molar-refractivity contribution in [1.29, 1.82) is 0 Å². The highest BCUT2D eigenvalue weighted by atomic mass is 35.5. The lowest BCUT2D eigenvalue weighted by Gasteiger charge is -2.16. The largest absolute Gasteiger partial charge is 0.310 e. The topological polar surface area (TPSA) is 46.9 Å². The molecule has 1 amide bonds. The number of anilines is 1. The molecule has 1 N–H and O–H groups in total. The van der Waals surface area contributed by atoms with E-state index in [2.05, 4.69) is 10.4 Å². The Morgan fingerprint density at radius 2 is 2.29 bits per heavy atom. The number of carbonyl (C=O) groups is 1. The Hall–Kier alpha value is -1.53. The van der Waals surface area contributed by atoms with Crippen molar-refractivity contribution in [3.63, 3.8) is 0 Å². The molecule has 0 fully saturated rings. The van der Waals surface area contributed by atoms with Gasteiger partial charge in [0.15, 0.2) is 0 Å². The fourth-order valence-electron chi connectivity index (χ4n) is 2.51. The molecule has 2 aromatic rings. The molecule has 0 bridgehead atoms. The Bertz CT molecular complexity index is 731. The van der Waals surface area contributed by atoms with E-state index in [1.807, 2.05) is 6.92 Å². The third kappa shape index (κ3) is 2.53. The van der Waals surface area contributed by atoms with Gasteiger partial charge < -0.3 is 5.32 Å². The van der Waals surface area contributed by atoms with Crippen molar-refractivity contribution < 1.29 is 9.18 Å². The quantitative estimate of drug-likeness (QED) is 0.875. The number of aromatic nitrogens is 2. The van der Waals surface area contributed by atoms with Crippen LogP contribution in [0.1, 0.15) is 22.1 Å². The summed E-state index contributed by atoms with van der Waals surface area (Å²) in [6.07, 6.45) is 0. The standard InChI is InChI=1S/C14H13ClFN3OS/c1-7-12-13(9-5-8(15)3-4-10(9)16)21-6-11(20)17-14(12)19(2)18-7/h3-5,13H,6H2,1-2H3,(H,17,20). The lowest BCUT2D eigenvalue weighted by molar-refractivity contribution is -0.113.